The molecule has 1 rings (SSSR count). The first-order chi connectivity index (χ1) is 7.73. The number of carbonyl (C=O) groups is 2. The molecular weight excluding hydrogens is 222 g/mol. The van der Waals surface area contributed by atoms with Gasteiger partial charge < -0.3 is 9.47 Å². The van der Waals surface area contributed by atoms with Crippen LogP contribution in [0.15, 0.2) is 0 Å². The first-order valence-electron chi connectivity index (χ1n) is 5.78. The van der Waals surface area contributed by atoms with Crippen molar-refractivity contribution in [3.05, 3.63) is 0 Å². The summed E-state index contributed by atoms with van der Waals surface area (Å²) in [5, 5.41) is 0. The number of ether oxygens (including phenoxy) is 2. The van der Waals surface area contributed by atoms with E-state index >= 15 is 0 Å². The number of nitrogens with zero attached hydrogens (tertiary/aromatic N) is 1. The van der Waals surface area contributed by atoms with Gasteiger partial charge in [-0.3, -0.25) is 4.90 Å². The van der Waals surface area contributed by atoms with Crippen LogP contribution >= 0.6 is 0 Å². The molecule has 0 spiro atoms. The number of carbonyl (C=O) groups excluding carboxylic acids is 2. The van der Waals surface area contributed by atoms with Gasteiger partial charge >= 0.3 is 12.1 Å². The van der Waals surface area contributed by atoms with Crippen molar-refractivity contribution in [1.82, 2.24) is 4.90 Å². The van der Waals surface area contributed by atoms with E-state index < -0.39 is 17.2 Å². The third-order valence-electron chi connectivity index (χ3n) is 3.06. The Labute approximate surface area is 102 Å². The second-order valence-electron chi connectivity index (χ2n) is 5.42. The molecule has 0 atom stereocenters. The average Bonchev–Trinajstić information content (AvgIpc) is 2.12. The molecule has 0 bridgehead atoms. The normalized spacial score (nSPS) is 17.9. The van der Waals surface area contributed by atoms with E-state index in [4.69, 9.17) is 9.47 Å². The van der Waals surface area contributed by atoms with Crippen molar-refractivity contribution in [2.45, 2.75) is 51.2 Å². The van der Waals surface area contributed by atoms with Crippen molar-refractivity contribution in [3.8, 4) is 0 Å². The van der Waals surface area contributed by atoms with Crippen LogP contribution in [0.1, 0.15) is 40.0 Å². The minimum Gasteiger partial charge on any atom is -0.467 e. The van der Waals surface area contributed by atoms with Crippen molar-refractivity contribution >= 4 is 12.1 Å². The molecule has 5 heteroatoms. The summed E-state index contributed by atoms with van der Waals surface area (Å²) in [6.45, 7) is 5.39. The number of amides is 1. The lowest BCUT2D eigenvalue weighted by Crippen LogP contribution is -2.60. The van der Waals surface area contributed by atoms with Crippen LogP contribution in [0, 0.1) is 0 Å². The van der Waals surface area contributed by atoms with E-state index in [-0.39, 0.29) is 5.97 Å². The van der Waals surface area contributed by atoms with Gasteiger partial charge in [0.1, 0.15) is 11.1 Å². The summed E-state index contributed by atoms with van der Waals surface area (Å²) in [6.07, 6.45) is 1.70. The first kappa shape index (κ1) is 13.8. The quantitative estimate of drug-likeness (QED) is 0.695. The van der Waals surface area contributed by atoms with Crippen LogP contribution in [0.3, 0.4) is 0 Å². The van der Waals surface area contributed by atoms with Crippen LogP contribution in [-0.4, -0.2) is 42.3 Å². The number of hydrogen-bond acceptors (Lipinski definition) is 4. The molecule has 0 heterocycles. The molecule has 0 aromatic rings. The van der Waals surface area contributed by atoms with Gasteiger partial charge in [-0.25, -0.2) is 9.59 Å². The zero-order valence-corrected chi connectivity index (χ0v) is 11.2. The van der Waals surface area contributed by atoms with E-state index in [2.05, 4.69) is 0 Å². The SMILES string of the molecule is COC(=O)C1(N(C)C(=O)OC(C)(C)C)CCC1. The highest BCUT2D eigenvalue weighted by Crippen LogP contribution is 2.38. The lowest BCUT2D eigenvalue weighted by Gasteiger charge is -2.45. The molecule has 1 saturated carbocycles. The van der Waals surface area contributed by atoms with Crippen LogP contribution in [0.4, 0.5) is 4.79 Å². The van der Waals surface area contributed by atoms with Crippen LogP contribution in [0.5, 0.6) is 0 Å². The maximum Gasteiger partial charge on any atom is 0.410 e. The van der Waals surface area contributed by atoms with Gasteiger partial charge in [0.25, 0.3) is 0 Å². The fraction of sp³-hybridized carbons (Fsp3) is 0.833. The summed E-state index contributed by atoms with van der Waals surface area (Å²) in [5.41, 5.74) is -1.39. The van der Waals surface area contributed by atoms with Gasteiger partial charge in [-0.15, -0.1) is 0 Å². The average molecular weight is 243 g/mol. The minimum atomic E-state index is -0.822. The molecule has 5 nitrogen and oxygen atoms in total. The van der Waals surface area contributed by atoms with E-state index in [0.717, 1.165) is 6.42 Å². The van der Waals surface area contributed by atoms with Crippen LogP contribution in [0.25, 0.3) is 0 Å². The Morgan fingerprint density at radius 1 is 1.24 bits per heavy atom. The molecule has 1 aliphatic rings. The molecule has 17 heavy (non-hydrogen) atoms. The maximum atomic E-state index is 11.9. The number of likely N-dealkylation sites (N-methyl/N-ethyl adjacent to an activating group) is 1. The van der Waals surface area contributed by atoms with Gasteiger partial charge in [-0.05, 0) is 40.0 Å². The smallest absolute Gasteiger partial charge is 0.410 e. The van der Waals surface area contributed by atoms with Crippen molar-refractivity contribution in [2.75, 3.05) is 14.2 Å². The summed E-state index contributed by atoms with van der Waals surface area (Å²) in [4.78, 5) is 25.0. The zero-order chi connectivity index (χ0) is 13.3. The summed E-state index contributed by atoms with van der Waals surface area (Å²) >= 11 is 0. The summed E-state index contributed by atoms with van der Waals surface area (Å²) in [6, 6.07) is 0. The molecule has 0 unspecified atom stereocenters. The number of methoxy groups -OCH3 is 1. The molecule has 0 saturated heterocycles. The molecule has 98 valence electrons. The topological polar surface area (TPSA) is 55.8 Å². The second-order valence-corrected chi connectivity index (χ2v) is 5.42. The Morgan fingerprint density at radius 3 is 2.06 bits per heavy atom. The van der Waals surface area contributed by atoms with Crippen molar-refractivity contribution in [2.24, 2.45) is 0 Å². The van der Waals surface area contributed by atoms with Gasteiger partial charge in [0.2, 0.25) is 0 Å². The molecule has 0 aliphatic heterocycles. The molecule has 1 fully saturated rings. The number of rotatable bonds is 2. The maximum absolute atomic E-state index is 11.9. The monoisotopic (exact) mass is 243 g/mol. The predicted octanol–water partition coefficient (Wildman–Crippen LogP) is 1.95. The van der Waals surface area contributed by atoms with E-state index in [0.29, 0.717) is 12.8 Å². The predicted molar refractivity (Wildman–Crippen MR) is 62.6 cm³/mol. The van der Waals surface area contributed by atoms with Gasteiger partial charge in [0, 0.05) is 7.05 Å². The van der Waals surface area contributed by atoms with E-state index in [1.54, 1.807) is 27.8 Å². The fourth-order valence-electron chi connectivity index (χ4n) is 1.88. The Morgan fingerprint density at radius 2 is 1.76 bits per heavy atom. The highest BCUT2D eigenvalue weighted by Gasteiger charge is 2.51. The Hall–Kier alpha value is -1.26. The summed E-state index contributed by atoms with van der Waals surface area (Å²) < 4.78 is 10.0. The van der Waals surface area contributed by atoms with Gasteiger partial charge in [0.05, 0.1) is 7.11 Å². The lowest BCUT2D eigenvalue weighted by molar-refractivity contribution is -0.160. The van der Waals surface area contributed by atoms with E-state index in [9.17, 15) is 9.59 Å². The summed E-state index contributed by atoms with van der Waals surface area (Å²) in [7, 11) is 2.93. The molecule has 0 N–H and O–H groups in total. The standard InChI is InChI=1S/C12H21NO4/c1-11(2,3)17-10(15)13(4)12(7-6-8-12)9(14)16-5/h6-8H2,1-5H3. The Bertz CT molecular complexity index is 315. The van der Waals surface area contributed by atoms with Gasteiger partial charge in [-0.1, -0.05) is 0 Å². The molecule has 0 radical (unpaired) electrons. The molecule has 1 amide bonds. The molecule has 0 aromatic carbocycles. The number of hydrogen-bond donors (Lipinski definition) is 0. The highest BCUT2D eigenvalue weighted by molar-refractivity contribution is 5.86. The van der Waals surface area contributed by atoms with Gasteiger partial charge in [0.15, 0.2) is 0 Å². The van der Waals surface area contributed by atoms with Crippen LogP contribution in [-0.2, 0) is 14.3 Å². The summed E-state index contributed by atoms with van der Waals surface area (Å²) in [5.74, 6) is -0.364. The lowest BCUT2D eigenvalue weighted by atomic mass is 9.75. The zero-order valence-electron chi connectivity index (χ0n) is 11.2. The van der Waals surface area contributed by atoms with E-state index in [1.165, 1.54) is 12.0 Å². The minimum absolute atomic E-state index is 0.364. The number of esters is 1. The van der Waals surface area contributed by atoms with Gasteiger partial charge in [-0.2, -0.15) is 0 Å². The first-order valence-corrected chi connectivity index (χ1v) is 5.78. The largest absolute Gasteiger partial charge is 0.467 e. The Kier molecular flexibility index (Phi) is 3.69. The third-order valence-corrected chi connectivity index (χ3v) is 3.06. The highest BCUT2D eigenvalue weighted by atomic mass is 16.6. The van der Waals surface area contributed by atoms with Crippen molar-refractivity contribution < 1.29 is 19.1 Å². The molecular formula is C12H21NO4. The van der Waals surface area contributed by atoms with Crippen molar-refractivity contribution in [1.29, 1.82) is 0 Å². The third kappa shape index (κ3) is 2.70. The van der Waals surface area contributed by atoms with Crippen LogP contribution < -0.4 is 0 Å². The Balaban J connectivity index is 2.77. The van der Waals surface area contributed by atoms with E-state index in [1.807, 2.05) is 0 Å². The molecule has 1 aliphatic carbocycles. The van der Waals surface area contributed by atoms with Crippen LogP contribution in [0.2, 0.25) is 0 Å². The molecule has 0 aromatic heterocycles. The van der Waals surface area contributed by atoms with Crippen molar-refractivity contribution in [3.63, 3.8) is 0 Å². The fourth-order valence-corrected chi connectivity index (χ4v) is 1.88. The second kappa shape index (κ2) is 4.55.